The normalized spacial score (nSPS) is 18.2. The summed E-state index contributed by atoms with van der Waals surface area (Å²) in [4.78, 5) is 2.48. The molecule has 0 rings (SSSR count). The van der Waals surface area contributed by atoms with Crippen molar-refractivity contribution >= 4 is 0 Å². The third-order valence-corrected chi connectivity index (χ3v) is 3.44. The van der Waals surface area contributed by atoms with Gasteiger partial charge in [0.1, 0.15) is 0 Å². The zero-order valence-corrected chi connectivity index (χ0v) is 10.6. The molecule has 0 aliphatic heterocycles. The lowest BCUT2D eigenvalue weighted by Gasteiger charge is -2.31. The first-order chi connectivity index (χ1) is 6.56. The highest BCUT2D eigenvalue weighted by Gasteiger charge is 2.17. The molecule has 3 unspecified atom stereocenters. The Morgan fingerprint density at radius 3 is 2.00 bits per heavy atom. The molecule has 2 heteroatoms. The van der Waals surface area contributed by atoms with Crippen molar-refractivity contribution in [3.63, 3.8) is 0 Å². The Morgan fingerprint density at radius 2 is 1.64 bits per heavy atom. The predicted molar refractivity (Wildman–Crippen MR) is 64.4 cm³/mol. The molecular formula is C12H28N2. The highest BCUT2D eigenvalue weighted by Crippen LogP contribution is 2.10. The molecule has 0 aromatic heterocycles. The second kappa shape index (κ2) is 7.24. The molecule has 0 spiro atoms. The molecule has 0 radical (unpaired) electrons. The Labute approximate surface area is 89.9 Å². The minimum Gasteiger partial charge on any atom is -0.326 e. The largest absolute Gasteiger partial charge is 0.326 e. The molecule has 0 heterocycles. The van der Waals surface area contributed by atoms with E-state index in [4.69, 9.17) is 5.73 Å². The van der Waals surface area contributed by atoms with E-state index in [9.17, 15) is 0 Å². The van der Waals surface area contributed by atoms with Crippen molar-refractivity contribution in [1.29, 1.82) is 0 Å². The maximum atomic E-state index is 6.16. The van der Waals surface area contributed by atoms with Gasteiger partial charge in [0.25, 0.3) is 0 Å². The van der Waals surface area contributed by atoms with Gasteiger partial charge in [0, 0.05) is 18.6 Å². The fraction of sp³-hybridized carbons (Fsp3) is 1.00. The monoisotopic (exact) mass is 200 g/mol. The van der Waals surface area contributed by atoms with E-state index in [0.29, 0.717) is 18.0 Å². The first-order valence-corrected chi connectivity index (χ1v) is 6.06. The van der Waals surface area contributed by atoms with Crippen molar-refractivity contribution < 1.29 is 0 Å². The summed E-state index contributed by atoms with van der Waals surface area (Å²) < 4.78 is 0. The van der Waals surface area contributed by atoms with Crippen LogP contribution in [0.1, 0.15) is 47.5 Å². The molecule has 0 saturated carbocycles. The maximum Gasteiger partial charge on any atom is 0.0193 e. The SMILES string of the molecule is CCC(C)C(N)CN(CC)C(C)CC. The standard InChI is InChI=1S/C12H28N2/c1-6-10(4)12(13)9-14(8-3)11(5)7-2/h10-12H,6-9,13H2,1-5H3. The van der Waals surface area contributed by atoms with Crippen LogP contribution in [0.5, 0.6) is 0 Å². The number of nitrogens with zero attached hydrogens (tertiary/aromatic N) is 1. The van der Waals surface area contributed by atoms with Crippen LogP contribution in [-0.4, -0.2) is 30.1 Å². The summed E-state index contributed by atoms with van der Waals surface area (Å²) in [6, 6.07) is 0.990. The predicted octanol–water partition coefficient (Wildman–Crippen LogP) is 2.48. The van der Waals surface area contributed by atoms with Gasteiger partial charge in [-0.05, 0) is 25.8 Å². The molecule has 0 aromatic rings. The van der Waals surface area contributed by atoms with E-state index in [-0.39, 0.29) is 0 Å². The van der Waals surface area contributed by atoms with Gasteiger partial charge in [0.15, 0.2) is 0 Å². The second-order valence-electron chi connectivity index (χ2n) is 4.39. The van der Waals surface area contributed by atoms with Gasteiger partial charge >= 0.3 is 0 Å². The minimum absolute atomic E-state index is 0.328. The van der Waals surface area contributed by atoms with Crippen LogP contribution in [0.2, 0.25) is 0 Å². The van der Waals surface area contributed by atoms with Crippen molar-refractivity contribution in [3.8, 4) is 0 Å². The molecule has 2 nitrogen and oxygen atoms in total. The van der Waals surface area contributed by atoms with Crippen LogP contribution in [0.3, 0.4) is 0 Å². The van der Waals surface area contributed by atoms with Gasteiger partial charge in [0.05, 0.1) is 0 Å². The lowest BCUT2D eigenvalue weighted by molar-refractivity contribution is 0.185. The average molecular weight is 200 g/mol. The number of hydrogen-bond acceptors (Lipinski definition) is 2. The van der Waals surface area contributed by atoms with Crippen LogP contribution in [0.4, 0.5) is 0 Å². The number of nitrogens with two attached hydrogens (primary N) is 1. The number of likely N-dealkylation sites (N-methyl/N-ethyl adjacent to an activating group) is 1. The summed E-state index contributed by atoms with van der Waals surface area (Å²) in [5, 5.41) is 0. The molecule has 0 aromatic carbocycles. The molecule has 2 N–H and O–H groups in total. The molecular weight excluding hydrogens is 172 g/mol. The van der Waals surface area contributed by atoms with E-state index < -0.39 is 0 Å². The fourth-order valence-electron chi connectivity index (χ4n) is 1.63. The lowest BCUT2D eigenvalue weighted by Crippen LogP contribution is -2.44. The molecule has 0 bridgehead atoms. The van der Waals surface area contributed by atoms with Gasteiger partial charge in [-0.3, -0.25) is 4.90 Å². The summed E-state index contributed by atoms with van der Waals surface area (Å²) in [6.45, 7) is 13.4. The van der Waals surface area contributed by atoms with E-state index in [2.05, 4.69) is 39.5 Å². The van der Waals surface area contributed by atoms with E-state index in [1.807, 2.05) is 0 Å². The summed E-state index contributed by atoms with van der Waals surface area (Å²) >= 11 is 0. The molecule has 0 saturated heterocycles. The van der Waals surface area contributed by atoms with Gasteiger partial charge in [-0.2, -0.15) is 0 Å². The molecule has 0 aliphatic carbocycles. The van der Waals surface area contributed by atoms with Crippen LogP contribution in [0.25, 0.3) is 0 Å². The molecule has 86 valence electrons. The topological polar surface area (TPSA) is 29.3 Å². The Hall–Kier alpha value is -0.0800. The first-order valence-electron chi connectivity index (χ1n) is 6.06. The van der Waals surface area contributed by atoms with Gasteiger partial charge < -0.3 is 5.73 Å². The van der Waals surface area contributed by atoms with Crippen molar-refractivity contribution in [2.24, 2.45) is 11.7 Å². The average Bonchev–Trinajstić information content (AvgIpc) is 2.22. The third-order valence-electron chi connectivity index (χ3n) is 3.44. The fourth-order valence-corrected chi connectivity index (χ4v) is 1.63. The van der Waals surface area contributed by atoms with Crippen LogP contribution in [0.15, 0.2) is 0 Å². The van der Waals surface area contributed by atoms with E-state index in [1.54, 1.807) is 0 Å². The smallest absolute Gasteiger partial charge is 0.0193 e. The number of rotatable bonds is 7. The lowest BCUT2D eigenvalue weighted by atomic mass is 9.99. The van der Waals surface area contributed by atoms with Crippen molar-refractivity contribution in [2.75, 3.05) is 13.1 Å². The Kier molecular flexibility index (Phi) is 7.20. The second-order valence-corrected chi connectivity index (χ2v) is 4.39. The summed E-state index contributed by atoms with van der Waals surface area (Å²) in [6.07, 6.45) is 2.39. The molecule has 14 heavy (non-hydrogen) atoms. The highest BCUT2D eigenvalue weighted by atomic mass is 15.2. The van der Waals surface area contributed by atoms with Crippen LogP contribution >= 0.6 is 0 Å². The van der Waals surface area contributed by atoms with Crippen LogP contribution in [-0.2, 0) is 0 Å². The summed E-state index contributed by atoms with van der Waals surface area (Å²) in [5.74, 6) is 0.633. The maximum absolute atomic E-state index is 6.16. The van der Waals surface area contributed by atoms with Crippen molar-refractivity contribution in [2.45, 2.75) is 59.5 Å². The first kappa shape index (κ1) is 13.9. The molecule has 3 atom stereocenters. The van der Waals surface area contributed by atoms with E-state index >= 15 is 0 Å². The minimum atomic E-state index is 0.328. The summed E-state index contributed by atoms with van der Waals surface area (Å²) in [5.41, 5.74) is 6.16. The Morgan fingerprint density at radius 1 is 1.07 bits per heavy atom. The van der Waals surface area contributed by atoms with E-state index in [0.717, 1.165) is 13.1 Å². The van der Waals surface area contributed by atoms with Gasteiger partial charge in [-0.15, -0.1) is 0 Å². The quantitative estimate of drug-likeness (QED) is 0.684. The van der Waals surface area contributed by atoms with Crippen LogP contribution < -0.4 is 5.73 Å². The number of hydrogen-bond donors (Lipinski definition) is 1. The molecule has 0 amide bonds. The van der Waals surface area contributed by atoms with E-state index in [1.165, 1.54) is 12.8 Å². The third kappa shape index (κ3) is 4.43. The van der Waals surface area contributed by atoms with Gasteiger partial charge in [-0.25, -0.2) is 0 Å². The van der Waals surface area contributed by atoms with Crippen molar-refractivity contribution in [1.82, 2.24) is 4.90 Å². The van der Waals surface area contributed by atoms with Crippen LogP contribution in [0, 0.1) is 5.92 Å². The molecule has 0 aliphatic rings. The van der Waals surface area contributed by atoms with Gasteiger partial charge in [-0.1, -0.05) is 34.1 Å². The molecule has 0 fully saturated rings. The Bertz CT molecular complexity index is 136. The zero-order chi connectivity index (χ0) is 11.1. The highest BCUT2D eigenvalue weighted by molar-refractivity contribution is 4.75. The van der Waals surface area contributed by atoms with Crippen molar-refractivity contribution in [3.05, 3.63) is 0 Å². The summed E-state index contributed by atoms with van der Waals surface area (Å²) in [7, 11) is 0. The zero-order valence-electron chi connectivity index (χ0n) is 10.6. The van der Waals surface area contributed by atoms with Gasteiger partial charge in [0.2, 0.25) is 0 Å². The Balaban J connectivity index is 4.03.